The Morgan fingerprint density at radius 1 is 1.42 bits per heavy atom. The van der Waals surface area contributed by atoms with Crippen LogP contribution in [0, 0.1) is 11.3 Å². The first-order valence-corrected chi connectivity index (χ1v) is 8.57. The number of nitrogens with zero attached hydrogens (tertiary/aromatic N) is 1. The summed E-state index contributed by atoms with van der Waals surface area (Å²) in [5, 5.41) is 9.65. The van der Waals surface area contributed by atoms with E-state index in [4.69, 9.17) is 24.7 Å². The molecule has 0 saturated carbocycles. The van der Waals surface area contributed by atoms with Crippen LogP contribution in [0.3, 0.4) is 0 Å². The molecule has 0 unspecified atom stereocenters. The van der Waals surface area contributed by atoms with Crippen molar-refractivity contribution in [1.29, 1.82) is 5.26 Å². The Bertz CT molecular complexity index is 810. The van der Waals surface area contributed by atoms with Crippen LogP contribution < -0.4 is 10.5 Å². The van der Waals surface area contributed by atoms with Gasteiger partial charge in [0.05, 0.1) is 25.2 Å². The van der Waals surface area contributed by atoms with Gasteiger partial charge in [-0.15, -0.1) is 0 Å². The molecule has 1 atom stereocenters. The van der Waals surface area contributed by atoms with Gasteiger partial charge in [-0.1, -0.05) is 15.9 Å². The van der Waals surface area contributed by atoms with Gasteiger partial charge < -0.3 is 24.7 Å². The van der Waals surface area contributed by atoms with Gasteiger partial charge in [0.1, 0.15) is 29.8 Å². The van der Waals surface area contributed by atoms with Gasteiger partial charge in [0.2, 0.25) is 5.88 Å². The van der Waals surface area contributed by atoms with Crippen molar-refractivity contribution >= 4 is 21.9 Å². The number of ether oxygens (including phenoxy) is 4. The molecule has 138 valence electrons. The SMILES string of the molecule is CCOc1ccc(Br)cc1[C@@H]1C(C#N)=C(N)OC(COC)=C1C(=O)OC. The molecule has 0 bridgehead atoms. The van der Waals surface area contributed by atoms with Crippen LogP contribution in [-0.2, 0) is 19.0 Å². The monoisotopic (exact) mass is 422 g/mol. The van der Waals surface area contributed by atoms with Crippen LogP contribution >= 0.6 is 15.9 Å². The van der Waals surface area contributed by atoms with Crippen molar-refractivity contribution < 1.29 is 23.7 Å². The largest absolute Gasteiger partial charge is 0.494 e. The second-order valence-corrected chi connectivity index (χ2v) is 6.22. The molecule has 2 rings (SSSR count). The van der Waals surface area contributed by atoms with Crippen LogP contribution in [0.25, 0.3) is 0 Å². The summed E-state index contributed by atoms with van der Waals surface area (Å²) in [6.45, 7) is 2.26. The van der Waals surface area contributed by atoms with E-state index in [1.54, 1.807) is 12.1 Å². The summed E-state index contributed by atoms with van der Waals surface area (Å²) >= 11 is 3.42. The maximum absolute atomic E-state index is 12.5. The van der Waals surface area contributed by atoms with Gasteiger partial charge in [-0.25, -0.2) is 4.79 Å². The highest BCUT2D eigenvalue weighted by atomic mass is 79.9. The number of esters is 1. The Morgan fingerprint density at radius 2 is 2.15 bits per heavy atom. The molecule has 26 heavy (non-hydrogen) atoms. The smallest absolute Gasteiger partial charge is 0.338 e. The van der Waals surface area contributed by atoms with Crippen LogP contribution in [0.4, 0.5) is 0 Å². The van der Waals surface area contributed by atoms with Crippen molar-refractivity contribution in [2.24, 2.45) is 5.73 Å². The molecule has 8 heteroatoms. The van der Waals surface area contributed by atoms with E-state index in [0.717, 1.165) is 4.47 Å². The number of benzene rings is 1. The van der Waals surface area contributed by atoms with Gasteiger partial charge in [0, 0.05) is 17.1 Å². The van der Waals surface area contributed by atoms with Crippen molar-refractivity contribution in [3.05, 3.63) is 51.0 Å². The average molecular weight is 423 g/mol. The Labute approximate surface area is 160 Å². The van der Waals surface area contributed by atoms with Gasteiger partial charge in [-0.3, -0.25) is 0 Å². The van der Waals surface area contributed by atoms with Gasteiger partial charge >= 0.3 is 5.97 Å². The Morgan fingerprint density at radius 3 is 2.73 bits per heavy atom. The van der Waals surface area contributed by atoms with Gasteiger partial charge in [0.15, 0.2) is 0 Å². The molecule has 7 nitrogen and oxygen atoms in total. The summed E-state index contributed by atoms with van der Waals surface area (Å²) < 4.78 is 22.0. The van der Waals surface area contributed by atoms with E-state index in [1.165, 1.54) is 14.2 Å². The van der Waals surface area contributed by atoms with Crippen molar-refractivity contribution in [2.75, 3.05) is 27.4 Å². The van der Waals surface area contributed by atoms with Crippen LogP contribution in [0.5, 0.6) is 5.75 Å². The van der Waals surface area contributed by atoms with E-state index in [9.17, 15) is 10.1 Å². The van der Waals surface area contributed by atoms with Crippen LogP contribution in [0.2, 0.25) is 0 Å². The van der Waals surface area contributed by atoms with E-state index in [2.05, 4.69) is 15.9 Å². The Hall–Kier alpha value is -2.50. The molecule has 1 heterocycles. The first-order chi connectivity index (χ1) is 12.5. The highest BCUT2D eigenvalue weighted by Gasteiger charge is 2.39. The Kier molecular flexibility index (Phi) is 6.66. The van der Waals surface area contributed by atoms with Gasteiger partial charge in [-0.05, 0) is 25.1 Å². The summed E-state index contributed by atoms with van der Waals surface area (Å²) in [7, 11) is 2.72. The Balaban J connectivity index is 2.77. The molecule has 0 radical (unpaired) electrons. The molecule has 0 fully saturated rings. The molecule has 1 aromatic carbocycles. The lowest BCUT2D eigenvalue weighted by molar-refractivity contribution is -0.136. The van der Waals surface area contributed by atoms with E-state index < -0.39 is 11.9 Å². The lowest BCUT2D eigenvalue weighted by Gasteiger charge is -2.28. The summed E-state index contributed by atoms with van der Waals surface area (Å²) in [4.78, 5) is 12.5. The van der Waals surface area contributed by atoms with E-state index >= 15 is 0 Å². The number of carbonyl (C=O) groups is 1. The summed E-state index contributed by atoms with van der Waals surface area (Å²) in [5.41, 5.74) is 6.79. The second kappa shape index (κ2) is 8.74. The third kappa shape index (κ3) is 3.84. The van der Waals surface area contributed by atoms with Crippen molar-refractivity contribution in [3.63, 3.8) is 0 Å². The topological polar surface area (TPSA) is 104 Å². The molecule has 0 aromatic heterocycles. The van der Waals surface area contributed by atoms with E-state index in [1.807, 2.05) is 19.1 Å². The zero-order chi connectivity index (χ0) is 19.3. The third-order valence-corrected chi connectivity index (χ3v) is 4.25. The minimum Gasteiger partial charge on any atom is -0.494 e. The molecule has 0 spiro atoms. The molecule has 1 aliphatic rings. The molecule has 1 aliphatic heterocycles. The van der Waals surface area contributed by atoms with E-state index in [-0.39, 0.29) is 29.4 Å². The average Bonchev–Trinajstić information content (AvgIpc) is 2.62. The van der Waals surface area contributed by atoms with Crippen LogP contribution in [0.1, 0.15) is 18.4 Å². The number of methoxy groups -OCH3 is 2. The number of nitrogens with two attached hydrogens (primary N) is 1. The number of carbonyl (C=O) groups excluding carboxylic acids is 1. The molecule has 2 N–H and O–H groups in total. The fourth-order valence-corrected chi connectivity index (χ4v) is 3.11. The zero-order valence-corrected chi connectivity index (χ0v) is 16.3. The predicted octanol–water partition coefficient (Wildman–Crippen LogP) is 2.73. The third-order valence-electron chi connectivity index (χ3n) is 3.76. The molecule has 0 saturated heterocycles. The second-order valence-electron chi connectivity index (χ2n) is 5.30. The van der Waals surface area contributed by atoms with Gasteiger partial charge in [0.25, 0.3) is 0 Å². The molecule has 1 aromatic rings. The van der Waals surface area contributed by atoms with Crippen molar-refractivity contribution in [1.82, 2.24) is 0 Å². The van der Waals surface area contributed by atoms with Gasteiger partial charge in [-0.2, -0.15) is 5.26 Å². The number of hydrogen-bond acceptors (Lipinski definition) is 7. The minimum atomic E-state index is -0.801. The lowest BCUT2D eigenvalue weighted by Crippen LogP contribution is -2.27. The number of halogens is 1. The molecular formula is C18H19BrN2O5. The number of allylic oxidation sites excluding steroid dienone is 1. The molecule has 0 aliphatic carbocycles. The first-order valence-electron chi connectivity index (χ1n) is 7.78. The molecular weight excluding hydrogens is 404 g/mol. The van der Waals surface area contributed by atoms with Crippen molar-refractivity contribution in [2.45, 2.75) is 12.8 Å². The molecule has 0 amide bonds. The summed E-state index contributed by atoms with van der Waals surface area (Å²) in [6.07, 6.45) is 0. The predicted molar refractivity (Wildman–Crippen MR) is 96.9 cm³/mol. The summed E-state index contributed by atoms with van der Waals surface area (Å²) in [6, 6.07) is 7.38. The number of rotatable bonds is 6. The fraction of sp³-hybridized carbons (Fsp3) is 0.333. The van der Waals surface area contributed by atoms with Crippen LogP contribution in [-0.4, -0.2) is 33.4 Å². The fourth-order valence-electron chi connectivity index (χ4n) is 2.73. The maximum Gasteiger partial charge on any atom is 0.338 e. The standard InChI is InChI=1S/C18H19BrN2O5/c1-4-25-13-6-5-10(19)7-11(13)15-12(8-20)17(21)26-14(9-23-2)16(15)18(22)24-3/h5-7,15H,4,9,21H2,1-3H3/t15-/m1/s1. The number of hydrogen-bond donors (Lipinski definition) is 1. The zero-order valence-electron chi connectivity index (χ0n) is 14.7. The van der Waals surface area contributed by atoms with E-state index in [0.29, 0.717) is 17.9 Å². The highest BCUT2D eigenvalue weighted by molar-refractivity contribution is 9.10. The minimum absolute atomic E-state index is 0.00167. The normalized spacial score (nSPS) is 16.8. The lowest BCUT2D eigenvalue weighted by atomic mass is 9.82. The summed E-state index contributed by atoms with van der Waals surface area (Å²) in [5.74, 6) is -0.792. The van der Waals surface area contributed by atoms with Crippen molar-refractivity contribution in [3.8, 4) is 11.8 Å². The van der Waals surface area contributed by atoms with Crippen LogP contribution in [0.15, 0.2) is 45.5 Å². The maximum atomic E-state index is 12.5. The first kappa shape index (κ1) is 19.8. The quantitative estimate of drug-likeness (QED) is 0.702. The number of nitriles is 1. The highest BCUT2D eigenvalue weighted by Crippen LogP contribution is 2.43.